The first-order valence-corrected chi connectivity index (χ1v) is 8.94. The fraction of sp³-hybridized carbons (Fsp3) is 0.158. The highest BCUT2D eigenvalue weighted by Crippen LogP contribution is 2.34. The molecule has 0 bridgehead atoms. The second-order valence-corrected chi connectivity index (χ2v) is 6.71. The maximum atomic E-state index is 14.4. The van der Waals surface area contributed by atoms with Crippen LogP contribution in [-0.2, 0) is 11.3 Å². The van der Waals surface area contributed by atoms with Gasteiger partial charge in [0.05, 0.1) is 12.2 Å². The Kier molecular flexibility index (Phi) is 5.36. The molecule has 1 heterocycles. The van der Waals surface area contributed by atoms with Crippen LogP contribution in [0.2, 0.25) is 0 Å². The average molecular weight is 390 g/mol. The van der Waals surface area contributed by atoms with E-state index < -0.39 is 23.5 Å². The Morgan fingerprint density at radius 2 is 1.96 bits per heavy atom. The van der Waals surface area contributed by atoms with Crippen molar-refractivity contribution >= 4 is 39.0 Å². The molecule has 3 N–H and O–H groups in total. The summed E-state index contributed by atoms with van der Waals surface area (Å²) in [5.41, 5.74) is 5.66. The number of nitrogens with one attached hydrogen (secondary N) is 1. The van der Waals surface area contributed by atoms with Gasteiger partial charge in [0.25, 0.3) is 5.91 Å². The second kappa shape index (κ2) is 7.71. The predicted molar refractivity (Wildman–Crippen MR) is 100.0 cm³/mol. The first kappa shape index (κ1) is 18.8. The third-order valence-electron chi connectivity index (χ3n) is 3.93. The van der Waals surface area contributed by atoms with Crippen LogP contribution in [0.5, 0.6) is 0 Å². The summed E-state index contributed by atoms with van der Waals surface area (Å²) >= 11 is 1.14. The number of rotatable bonds is 6. The number of hydrogen-bond donors (Lipinski definition) is 2. The minimum absolute atomic E-state index is 0.0738. The summed E-state index contributed by atoms with van der Waals surface area (Å²) in [5.74, 6) is -2.62. The molecule has 0 fully saturated rings. The van der Waals surface area contributed by atoms with Crippen molar-refractivity contribution in [1.82, 2.24) is 0 Å². The van der Waals surface area contributed by atoms with Crippen molar-refractivity contribution in [3.8, 4) is 0 Å². The smallest absolute Gasteiger partial charge is 0.348 e. The van der Waals surface area contributed by atoms with Crippen molar-refractivity contribution in [3.05, 3.63) is 64.0 Å². The number of thiophene rings is 1. The molecule has 5 nitrogen and oxygen atoms in total. The number of anilines is 1. The molecule has 0 saturated carbocycles. The van der Waals surface area contributed by atoms with Crippen LogP contribution in [0.3, 0.4) is 0 Å². The van der Waals surface area contributed by atoms with E-state index in [-0.39, 0.29) is 18.7 Å². The largest absolute Gasteiger partial charge is 0.462 e. The van der Waals surface area contributed by atoms with Crippen LogP contribution < -0.4 is 11.1 Å². The SMILES string of the molecule is CCOC(=O)c1sc2cccc(F)c2c1CNc1ccc(C(N)=O)c(F)c1. The van der Waals surface area contributed by atoms with Crippen LogP contribution in [0.15, 0.2) is 36.4 Å². The van der Waals surface area contributed by atoms with Crippen LogP contribution in [0.25, 0.3) is 10.1 Å². The molecule has 3 aromatic rings. The molecule has 0 aliphatic rings. The predicted octanol–water partition coefficient (Wildman–Crippen LogP) is 4.07. The van der Waals surface area contributed by atoms with Gasteiger partial charge in [-0.3, -0.25) is 4.79 Å². The van der Waals surface area contributed by atoms with E-state index in [0.717, 1.165) is 17.4 Å². The summed E-state index contributed by atoms with van der Waals surface area (Å²) in [6, 6.07) is 8.47. The lowest BCUT2D eigenvalue weighted by molar-refractivity contribution is 0.0531. The average Bonchev–Trinajstić information content (AvgIpc) is 3.00. The van der Waals surface area contributed by atoms with Crippen LogP contribution in [0.4, 0.5) is 14.5 Å². The second-order valence-electron chi connectivity index (χ2n) is 5.66. The molecule has 2 aromatic carbocycles. The monoisotopic (exact) mass is 390 g/mol. The molecular weight excluding hydrogens is 374 g/mol. The van der Waals surface area contributed by atoms with E-state index >= 15 is 0 Å². The van der Waals surface area contributed by atoms with Crippen LogP contribution >= 0.6 is 11.3 Å². The molecule has 0 radical (unpaired) electrons. The quantitative estimate of drug-likeness (QED) is 0.622. The lowest BCUT2D eigenvalue weighted by atomic mass is 10.1. The topological polar surface area (TPSA) is 81.4 Å². The number of benzene rings is 2. The Balaban J connectivity index is 1.96. The Morgan fingerprint density at radius 3 is 2.63 bits per heavy atom. The summed E-state index contributed by atoms with van der Waals surface area (Å²) in [4.78, 5) is 23.7. The number of carbonyl (C=O) groups is 2. The molecule has 0 atom stereocenters. The highest BCUT2D eigenvalue weighted by molar-refractivity contribution is 7.21. The van der Waals surface area contributed by atoms with Gasteiger partial charge in [-0.05, 0) is 37.3 Å². The van der Waals surface area contributed by atoms with Gasteiger partial charge in [-0.25, -0.2) is 13.6 Å². The van der Waals surface area contributed by atoms with Gasteiger partial charge < -0.3 is 15.8 Å². The van der Waals surface area contributed by atoms with E-state index in [1.165, 1.54) is 18.2 Å². The molecule has 1 amide bonds. The highest BCUT2D eigenvalue weighted by Gasteiger charge is 2.21. The molecule has 140 valence electrons. The van der Waals surface area contributed by atoms with Gasteiger partial charge >= 0.3 is 5.97 Å². The van der Waals surface area contributed by atoms with Gasteiger partial charge in [0, 0.05) is 27.9 Å². The zero-order valence-electron chi connectivity index (χ0n) is 14.3. The molecule has 1 aromatic heterocycles. The molecule has 0 aliphatic carbocycles. The molecule has 8 heteroatoms. The van der Waals surface area contributed by atoms with Crippen molar-refractivity contribution in [3.63, 3.8) is 0 Å². The van der Waals surface area contributed by atoms with E-state index in [0.29, 0.717) is 26.2 Å². The number of nitrogens with two attached hydrogens (primary N) is 1. The van der Waals surface area contributed by atoms with E-state index in [1.807, 2.05) is 0 Å². The molecule has 0 aliphatic heterocycles. The fourth-order valence-corrected chi connectivity index (χ4v) is 3.84. The van der Waals surface area contributed by atoms with Crippen LogP contribution in [0, 0.1) is 11.6 Å². The van der Waals surface area contributed by atoms with Crippen LogP contribution in [-0.4, -0.2) is 18.5 Å². The number of ether oxygens (including phenoxy) is 1. The summed E-state index contributed by atoms with van der Waals surface area (Å²) in [5, 5.41) is 3.28. The Morgan fingerprint density at radius 1 is 1.19 bits per heavy atom. The van der Waals surface area contributed by atoms with Gasteiger partial charge in [-0.1, -0.05) is 6.07 Å². The minimum atomic E-state index is -0.866. The van der Waals surface area contributed by atoms with Crippen LogP contribution in [0.1, 0.15) is 32.5 Å². The normalized spacial score (nSPS) is 10.8. The van der Waals surface area contributed by atoms with Gasteiger partial charge in [0.15, 0.2) is 0 Å². The summed E-state index contributed by atoms with van der Waals surface area (Å²) < 4.78 is 34.0. The number of carbonyl (C=O) groups excluding carboxylic acids is 2. The third kappa shape index (κ3) is 3.75. The van der Waals surface area contributed by atoms with E-state index in [2.05, 4.69) is 5.32 Å². The van der Waals surface area contributed by atoms with Gasteiger partial charge in [0.1, 0.15) is 16.5 Å². The zero-order chi connectivity index (χ0) is 19.6. The lowest BCUT2D eigenvalue weighted by Gasteiger charge is -2.09. The van der Waals surface area contributed by atoms with Crippen molar-refractivity contribution in [2.75, 3.05) is 11.9 Å². The van der Waals surface area contributed by atoms with E-state index in [9.17, 15) is 18.4 Å². The van der Waals surface area contributed by atoms with Gasteiger partial charge in [0.2, 0.25) is 0 Å². The molecule has 0 saturated heterocycles. The number of hydrogen-bond acceptors (Lipinski definition) is 5. The van der Waals surface area contributed by atoms with Crippen molar-refractivity contribution < 1.29 is 23.1 Å². The van der Waals surface area contributed by atoms with Gasteiger partial charge in [-0.15, -0.1) is 11.3 Å². The van der Waals surface area contributed by atoms with E-state index in [1.54, 1.807) is 19.1 Å². The number of esters is 1. The third-order valence-corrected chi connectivity index (χ3v) is 5.11. The highest BCUT2D eigenvalue weighted by atomic mass is 32.1. The van der Waals surface area contributed by atoms with E-state index in [4.69, 9.17) is 10.5 Å². The minimum Gasteiger partial charge on any atom is -0.462 e. The molecule has 0 spiro atoms. The molecule has 0 unspecified atom stereocenters. The Labute approximate surface area is 157 Å². The van der Waals surface area contributed by atoms with Crippen molar-refractivity contribution in [2.45, 2.75) is 13.5 Å². The maximum absolute atomic E-state index is 14.4. The molecule has 27 heavy (non-hydrogen) atoms. The van der Waals surface area contributed by atoms with Crippen molar-refractivity contribution in [1.29, 1.82) is 0 Å². The molecule has 3 rings (SSSR count). The lowest BCUT2D eigenvalue weighted by Crippen LogP contribution is -2.13. The summed E-state index contributed by atoms with van der Waals surface area (Å²) in [6.45, 7) is 1.96. The first-order valence-electron chi connectivity index (χ1n) is 8.12. The number of halogens is 2. The zero-order valence-corrected chi connectivity index (χ0v) is 15.2. The standard InChI is InChI=1S/C19H16F2N2O3S/c1-2-26-19(25)17-12(16-13(20)4-3-5-15(16)27-17)9-23-10-6-7-11(18(22)24)14(21)8-10/h3-8,23H,2,9H2,1H3,(H2,22,24). The molecular formula is C19H16F2N2O3S. The summed E-state index contributed by atoms with van der Waals surface area (Å²) in [7, 11) is 0. The summed E-state index contributed by atoms with van der Waals surface area (Å²) in [6.07, 6.45) is 0. The first-order chi connectivity index (χ1) is 12.9. The number of amides is 1. The Hall–Kier alpha value is -3.00. The number of primary amides is 1. The van der Waals surface area contributed by atoms with Gasteiger partial charge in [-0.2, -0.15) is 0 Å². The van der Waals surface area contributed by atoms with Crippen molar-refractivity contribution in [2.24, 2.45) is 5.73 Å². The Bertz CT molecular complexity index is 1030. The maximum Gasteiger partial charge on any atom is 0.348 e. The fourth-order valence-electron chi connectivity index (χ4n) is 2.71. The number of fused-ring (bicyclic) bond motifs is 1.